The second-order valence-corrected chi connectivity index (χ2v) is 12.8. The van der Waals surface area contributed by atoms with Crippen LogP contribution in [0.3, 0.4) is 0 Å². The van der Waals surface area contributed by atoms with E-state index in [0.717, 1.165) is 29.5 Å². The normalized spacial score (nSPS) is 13.2. The van der Waals surface area contributed by atoms with Crippen LogP contribution in [0.2, 0.25) is 0 Å². The first-order chi connectivity index (χ1) is 23.8. The lowest BCUT2D eigenvalue weighted by molar-refractivity contribution is 0.839. The molecule has 1 aliphatic carbocycles. The van der Waals surface area contributed by atoms with Gasteiger partial charge in [-0.25, -0.2) is 4.98 Å². The Morgan fingerprint density at radius 2 is 1.15 bits per heavy atom. The average molecular weight is 614 g/mol. The number of benzene rings is 6. The zero-order valence-electron chi connectivity index (χ0n) is 25.9. The first kappa shape index (κ1) is 25.8. The van der Waals surface area contributed by atoms with Crippen LogP contribution < -0.4 is 0 Å². The molecule has 11 rings (SSSR count). The van der Waals surface area contributed by atoms with Crippen molar-refractivity contribution in [2.24, 2.45) is 0 Å². The predicted octanol–water partition coefficient (Wildman–Crippen LogP) is 10.4. The van der Waals surface area contributed by atoms with Gasteiger partial charge in [-0.2, -0.15) is 9.97 Å². The van der Waals surface area contributed by atoms with E-state index in [4.69, 9.17) is 15.0 Å². The molecular formula is C43H27N5. The van der Waals surface area contributed by atoms with Gasteiger partial charge in [0.15, 0.2) is 11.6 Å². The van der Waals surface area contributed by atoms with Gasteiger partial charge in [-0.1, -0.05) is 121 Å². The van der Waals surface area contributed by atoms with Crippen molar-refractivity contribution >= 4 is 65.8 Å². The highest BCUT2D eigenvalue weighted by Crippen LogP contribution is 2.43. The first-order valence-corrected chi connectivity index (χ1v) is 16.5. The summed E-state index contributed by atoms with van der Waals surface area (Å²) in [7, 11) is 0. The van der Waals surface area contributed by atoms with Crippen LogP contribution in [0.25, 0.3) is 94.6 Å². The van der Waals surface area contributed by atoms with Crippen LogP contribution >= 0.6 is 0 Å². The molecule has 0 saturated heterocycles. The van der Waals surface area contributed by atoms with E-state index in [2.05, 4.69) is 112 Å². The SMILES string of the molecule is C1=Cc2c(n(-c3nc(-c4ccccc4)nc(-c4ccccc4)n3)c3cc4ccc5c6cccc7c8ccccc8n(c5c4cc23)c76)CC1. The highest BCUT2D eigenvalue weighted by molar-refractivity contribution is 6.28. The molecular weight excluding hydrogens is 587 g/mol. The Bertz CT molecular complexity index is 2870. The molecule has 0 bridgehead atoms. The lowest BCUT2D eigenvalue weighted by Crippen LogP contribution is -2.10. The molecule has 224 valence electrons. The van der Waals surface area contributed by atoms with Crippen molar-refractivity contribution in [2.75, 3.05) is 0 Å². The van der Waals surface area contributed by atoms with Gasteiger partial charge in [0.05, 0.1) is 22.1 Å². The molecule has 0 amide bonds. The van der Waals surface area contributed by atoms with Gasteiger partial charge < -0.3 is 4.40 Å². The fraction of sp³-hybridized carbons (Fsp3) is 0.0465. The van der Waals surface area contributed by atoms with Gasteiger partial charge in [0.2, 0.25) is 5.95 Å². The van der Waals surface area contributed by atoms with Gasteiger partial charge in [-0.15, -0.1) is 0 Å². The zero-order chi connectivity index (χ0) is 31.3. The van der Waals surface area contributed by atoms with Crippen molar-refractivity contribution in [3.63, 3.8) is 0 Å². The van der Waals surface area contributed by atoms with Gasteiger partial charge in [0.25, 0.3) is 0 Å². The van der Waals surface area contributed by atoms with Crippen molar-refractivity contribution in [1.82, 2.24) is 23.9 Å². The summed E-state index contributed by atoms with van der Waals surface area (Å²) in [4.78, 5) is 15.3. The molecule has 1 aliphatic rings. The van der Waals surface area contributed by atoms with Crippen molar-refractivity contribution in [3.8, 4) is 28.7 Å². The minimum Gasteiger partial charge on any atom is -0.307 e. The fourth-order valence-electron chi connectivity index (χ4n) is 8.07. The van der Waals surface area contributed by atoms with Gasteiger partial charge >= 0.3 is 0 Å². The van der Waals surface area contributed by atoms with Crippen LogP contribution in [0, 0.1) is 0 Å². The number of nitrogens with zero attached hydrogens (tertiary/aromatic N) is 5. The van der Waals surface area contributed by atoms with Crippen LogP contribution in [0.5, 0.6) is 0 Å². The summed E-state index contributed by atoms with van der Waals surface area (Å²) >= 11 is 0. The van der Waals surface area contributed by atoms with Gasteiger partial charge in [0.1, 0.15) is 0 Å². The highest BCUT2D eigenvalue weighted by Gasteiger charge is 2.24. The number of para-hydroxylation sites is 2. The van der Waals surface area contributed by atoms with E-state index in [1.807, 2.05) is 36.4 Å². The number of rotatable bonds is 3. The van der Waals surface area contributed by atoms with Crippen molar-refractivity contribution in [2.45, 2.75) is 12.8 Å². The van der Waals surface area contributed by atoms with E-state index in [1.54, 1.807) is 0 Å². The molecule has 5 heteroatoms. The maximum atomic E-state index is 5.16. The largest absolute Gasteiger partial charge is 0.307 e. The molecule has 0 N–H and O–H groups in total. The Hall–Kier alpha value is -6.33. The summed E-state index contributed by atoms with van der Waals surface area (Å²) in [6, 6.07) is 45.3. The minimum absolute atomic E-state index is 0.648. The molecule has 0 unspecified atom stereocenters. The second-order valence-electron chi connectivity index (χ2n) is 12.8. The minimum atomic E-state index is 0.648. The molecule has 0 spiro atoms. The molecule has 0 fully saturated rings. The van der Waals surface area contributed by atoms with Crippen LogP contribution in [-0.2, 0) is 6.42 Å². The molecule has 0 saturated carbocycles. The van der Waals surface area contributed by atoms with Crippen LogP contribution in [0.1, 0.15) is 17.7 Å². The number of fused-ring (bicyclic) bond motifs is 11. The molecule has 0 aliphatic heterocycles. The van der Waals surface area contributed by atoms with Gasteiger partial charge in [-0.05, 0) is 36.4 Å². The van der Waals surface area contributed by atoms with Gasteiger partial charge in [0, 0.05) is 54.7 Å². The molecule has 0 atom stereocenters. The Morgan fingerprint density at radius 3 is 1.92 bits per heavy atom. The Kier molecular flexibility index (Phi) is 5.16. The third-order valence-electron chi connectivity index (χ3n) is 10.1. The molecule has 4 aromatic heterocycles. The topological polar surface area (TPSA) is 48.0 Å². The van der Waals surface area contributed by atoms with Crippen LogP contribution in [-0.4, -0.2) is 23.9 Å². The van der Waals surface area contributed by atoms with E-state index >= 15 is 0 Å². The summed E-state index contributed by atoms with van der Waals surface area (Å²) in [6.07, 6.45) is 6.48. The molecule has 48 heavy (non-hydrogen) atoms. The number of hydrogen-bond donors (Lipinski definition) is 0. The monoisotopic (exact) mass is 613 g/mol. The highest BCUT2D eigenvalue weighted by atomic mass is 15.2. The lowest BCUT2D eigenvalue weighted by atomic mass is 9.99. The Labute approximate surface area is 275 Å². The first-order valence-electron chi connectivity index (χ1n) is 16.5. The standard InChI is InChI=1S/C43H27N5/c1-3-12-26(13-4-1)41-44-42(27-14-5-2-6-15-27)46-43(45-41)47-36-20-9-8-17-30(36)35-25-34-28(24-38(35)47)22-23-33-32-19-11-18-31-29-16-7-10-21-37(29)48(39(31)32)40(33)34/h1-8,10-19,21-25H,9,20H2. The van der Waals surface area contributed by atoms with E-state index in [0.29, 0.717) is 17.6 Å². The summed E-state index contributed by atoms with van der Waals surface area (Å²) in [6.45, 7) is 0. The molecule has 4 heterocycles. The number of hydrogen-bond acceptors (Lipinski definition) is 3. The average Bonchev–Trinajstić information content (AvgIpc) is 3.79. The summed E-state index contributed by atoms with van der Waals surface area (Å²) in [5, 5.41) is 8.85. The zero-order valence-corrected chi connectivity index (χ0v) is 25.9. The predicted molar refractivity (Wildman–Crippen MR) is 197 cm³/mol. The third kappa shape index (κ3) is 3.47. The smallest absolute Gasteiger partial charge is 0.238 e. The maximum absolute atomic E-state index is 5.16. The van der Waals surface area contributed by atoms with Crippen LogP contribution in [0.15, 0.2) is 133 Å². The van der Waals surface area contributed by atoms with Crippen LogP contribution in [0.4, 0.5) is 0 Å². The Balaban J connectivity index is 1.25. The Morgan fingerprint density at radius 1 is 0.500 bits per heavy atom. The van der Waals surface area contributed by atoms with Crippen molar-refractivity contribution < 1.29 is 0 Å². The summed E-state index contributed by atoms with van der Waals surface area (Å²) in [5.74, 6) is 1.98. The fourth-order valence-corrected chi connectivity index (χ4v) is 8.07. The lowest BCUT2D eigenvalue weighted by Gasteiger charge is -2.14. The molecule has 6 aromatic carbocycles. The maximum Gasteiger partial charge on any atom is 0.238 e. The van der Waals surface area contributed by atoms with Crippen molar-refractivity contribution in [1.29, 1.82) is 0 Å². The molecule has 0 radical (unpaired) electrons. The van der Waals surface area contributed by atoms with Crippen molar-refractivity contribution in [3.05, 3.63) is 145 Å². The van der Waals surface area contributed by atoms with E-state index < -0.39 is 0 Å². The van der Waals surface area contributed by atoms with E-state index in [1.165, 1.54) is 65.5 Å². The summed E-state index contributed by atoms with van der Waals surface area (Å²) in [5.41, 5.74) is 9.34. The van der Waals surface area contributed by atoms with E-state index in [9.17, 15) is 0 Å². The number of aromatic nitrogens is 5. The molecule has 10 aromatic rings. The second kappa shape index (κ2) is 9.60. The van der Waals surface area contributed by atoms with E-state index in [-0.39, 0.29) is 0 Å². The summed E-state index contributed by atoms with van der Waals surface area (Å²) < 4.78 is 4.78. The number of allylic oxidation sites excluding steroid dienone is 1. The third-order valence-corrected chi connectivity index (χ3v) is 10.1. The molecule has 5 nitrogen and oxygen atoms in total. The van der Waals surface area contributed by atoms with Gasteiger partial charge in [-0.3, -0.25) is 4.57 Å². The quantitative estimate of drug-likeness (QED) is 0.199.